The average Bonchev–Trinajstić information content (AvgIpc) is 3.07. The van der Waals surface area contributed by atoms with Gasteiger partial charge in [-0.25, -0.2) is 4.39 Å². The molecule has 10 heteroatoms. The Balaban J connectivity index is 1.27. The molecule has 3 aromatic rings. The Kier molecular flexibility index (Phi) is 7.69. The number of carbonyl (C=O) groups excluding carboxylic acids is 2. The second-order valence-corrected chi connectivity index (χ2v) is 9.93. The van der Waals surface area contributed by atoms with Crippen molar-refractivity contribution in [3.8, 4) is 29.1 Å². The minimum Gasteiger partial charge on any atom is -0.489 e. The minimum atomic E-state index is -1.04. The van der Waals surface area contributed by atoms with Crippen LogP contribution in [0.15, 0.2) is 60.8 Å². The smallest absolute Gasteiger partial charge is 0.270 e. The number of halogens is 1. The van der Waals surface area contributed by atoms with E-state index >= 15 is 0 Å². The predicted octanol–water partition coefficient (Wildman–Crippen LogP) is 2.98. The summed E-state index contributed by atoms with van der Waals surface area (Å²) in [6, 6.07) is 12.7. The van der Waals surface area contributed by atoms with Gasteiger partial charge in [0.25, 0.3) is 11.8 Å². The predicted molar refractivity (Wildman–Crippen MR) is 146 cm³/mol. The number of likely N-dealkylation sites (tertiary alicyclic amines) is 1. The first-order valence-corrected chi connectivity index (χ1v) is 12.9. The first kappa shape index (κ1) is 27.1. The van der Waals surface area contributed by atoms with E-state index in [2.05, 4.69) is 27.0 Å². The van der Waals surface area contributed by atoms with Crippen molar-refractivity contribution in [3.05, 3.63) is 77.9 Å². The number of likely N-dealkylation sites (N-methyl/N-ethyl adjacent to an activating group) is 1. The third-order valence-electron chi connectivity index (χ3n) is 6.93. The highest BCUT2D eigenvalue weighted by Crippen LogP contribution is 2.32. The van der Waals surface area contributed by atoms with Crippen LogP contribution in [0.5, 0.6) is 17.2 Å². The highest BCUT2D eigenvalue weighted by Gasteiger charge is 2.32. The van der Waals surface area contributed by atoms with Crippen molar-refractivity contribution >= 4 is 17.5 Å². The molecule has 0 unspecified atom stereocenters. The molecule has 2 aliphatic heterocycles. The number of pyridine rings is 1. The van der Waals surface area contributed by atoms with Crippen molar-refractivity contribution in [2.45, 2.75) is 24.5 Å². The van der Waals surface area contributed by atoms with Gasteiger partial charge in [-0.1, -0.05) is 11.8 Å². The fourth-order valence-electron chi connectivity index (χ4n) is 4.45. The minimum absolute atomic E-state index is 0.0428. The molecular formula is C30H29FN4O5. The number of aliphatic hydroxyl groups is 1. The van der Waals surface area contributed by atoms with Crippen molar-refractivity contribution in [3.63, 3.8) is 0 Å². The number of piperidine rings is 1. The first-order valence-electron chi connectivity index (χ1n) is 12.9. The normalized spacial score (nSPS) is 18.4. The van der Waals surface area contributed by atoms with Crippen molar-refractivity contribution in [2.24, 2.45) is 0 Å². The lowest BCUT2D eigenvalue weighted by Gasteiger charge is -2.32. The zero-order valence-electron chi connectivity index (χ0n) is 22.2. The molecule has 0 aliphatic carbocycles. The number of rotatable bonds is 4. The molecular weight excluding hydrogens is 515 g/mol. The molecule has 5 rings (SSSR count). The number of hydrogen-bond acceptors (Lipinski definition) is 7. The number of ether oxygens (including phenoxy) is 2. The highest BCUT2D eigenvalue weighted by molar-refractivity contribution is 6.03. The van der Waals surface area contributed by atoms with Crippen LogP contribution in [0.3, 0.4) is 0 Å². The summed E-state index contributed by atoms with van der Waals surface area (Å²) in [6.45, 7) is 1.47. The summed E-state index contributed by atoms with van der Waals surface area (Å²) in [5.74, 6) is 5.91. The van der Waals surface area contributed by atoms with Gasteiger partial charge >= 0.3 is 0 Å². The summed E-state index contributed by atoms with van der Waals surface area (Å²) in [5.41, 5.74) is 0.152. The molecule has 2 aromatic carbocycles. The van der Waals surface area contributed by atoms with Crippen LogP contribution in [-0.4, -0.2) is 72.2 Å². The standard InChI is InChI=1S/C30H29FN4O5/c1-34-15-12-30(38,13-16-34)11-9-20-3-8-27-26(17-20)35(2)29(37)25(19-39-27)33-28(36)24-18-23(10-14-32-24)40-22-6-4-21(31)5-7-22/h3-8,10,14,17-18,25,38H,12-13,15-16,19H2,1-2H3,(H,33,36)/t25-/m1/s1. The lowest BCUT2D eigenvalue weighted by Crippen LogP contribution is -2.49. The molecule has 3 heterocycles. The number of carbonyl (C=O) groups is 2. The monoisotopic (exact) mass is 544 g/mol. The van der Waals surface area contributed by atoms with E-state index in [1.165, 1.54) is 41.4 Å². The second-order valence-electron chi connectivity index (χ2n) is 9.93. The Bertz CT molecular complexity index is 1480. The molecule has 2 N–H and O–H groups in total. The maximum atomic E-state index is 13.3. The number of benzene rings is 2. The third-order valence-corrected chi connectivity index (χ3v) is 6.93. The molecule has 0 spiro atoms. The summed E-state index contributed by atoms with van der Waals surface area (Å²) in [6.07, 6.45) is 2.55. The maximum Gasteiger partial charge on any atom is 0.270 e. The van der Waals surface area contributed by atoms with Crippen LogP contribution in [0.4, 0.5) is 10.1 Å². The van der Waals surface area contributed by atoms with E-state index in [1.807, 2.05) is 7.05 Å². The van der Waals surface area contributed by atoms with E-state index in [0.717, 1.165) is 13.1 Å². The van der Waals surface area contributed by atoms with E-state index in [-0.39, 0.29) is 24.0 Å². The fraction of sp³-hybridized carbons (Fsp3) is 0.300. The number of nitrogens with one attached hydrogen (secondary N) is 1. The van der Waals surface area contributed by atoms with Gasteiger partial charge in [0.2, 0.25) is 0 Å². The molecule has 206 valence electrons. The fourth-order valence-corrected chi connectivity index (χ4v) is 4.45. The molecule has 2 amide bonds. The SMILES string of the molecule is CN1CCC(O)(C#Cc2ccc3c(c2)N(C)C(=O)[C@H](NC(=O)c2cc(Oc4ccc(F)cc4)ccn2)CO3)CC1. The van der Waals surface area contributed by atoms with Crippen LogP contribution >= 0.6 is 0 Å². The van der Waals surface area contributed by atoms with Crippen LogP contribution in [0.25, 0.3) is 0 Å². The quantitative estimate of drug-likeness (QED) is 0.487. The molecule has 1 fully saturated rings. The lowest BCUT2D eigenvalue weighted by molar-refractivity contribution is -0.120. The lowest BCUT2D eigenvalue weighted by atomic mass is 9.92. The van der Waals surface area contributed by atoms with E-state index < -0.39 is 17.6 Å². The Labute approximate surface area is 231 Å². The van der Waals surface area contributed by atoms with E-state index in [1.54, 1.807) is 31.3 Å². The number of nitrogens with zero attached hydrogens (tertiary/aromatic N) is 3. The summed E-state index contributed by atoms with van der Waals surface area (Å²) < 4.78 is 24.7. The van der Waals surface area contributed by atoms with Gasteiger partial charge in [-0.2, -0.15) is 0 Å². The molecule has 2 aliphatic rings. The van der Waals surface area contributed by atoms with Crippen molar-refractivity contribution < 1.29 is 28.6 Å². The van der Waals surface area contributed by atoms with Gasteiger partial charge in [-0.3, -0.25) is 14.6 Å². The molecule has 1 atom stereocenters. The first-order chi connectivity index (χ1) is 19.2. The van der Waals surface area contributed by atoms with E-state index in [0.29, 0.717) is 41.3 Å². The van der Waals surface area contributed by atoms with Crippen LogP contribution < -0.4 is 19.7 Å². The van der Waals surface area contributed by atoms with Gasteiger partial charge in [-0.05, 0) is 55.6 Å². The second kappa shape index (κ2) is 11.3. The van der Waals surface area contributed by atoms with Crippen LogP contribution in [0.2, 0.25) is 0 Å². The van der Waals surface area contributed by atoms with Gasteiger partial charge in [0.05, 0.1) is 5.69 Å². The number of hydrogen-bond donors (Lipinski definition) is 2. The van der Waals surface area contributed by atoms with Crippen LogP contribution in [0.1, 0.15) is 28.9 Å². The van der Waals surface area contributed by atoms with Gasteiger partial charge < -0.3 is 29.7 Å². The van der Waals surface area contributed by atoms with Gasteiger partial charge in [0.15, 0.2) is 0 Å². The van der Waals surface area contributed by atoms with Crippen molar-refractivity contribution in [1.82, 2.24) is 15.2 Å². The third kappa shape index (κ3) is 6.22. The summed E-state index contributed by atoms with van der Waals surface area (Å²) in [5, 5.41) is 13.5. The molecule has 0 radical (unpaired) electrons. The molecule has 9 nitrogen and oxygen atoms in total. The summed E-state index contributed by atoms with van der Waals surface area (Å²) in [7, 11) is 3.62. The molecule has 1 aromatic heterocycles. The molecule has 0 bridgehead atoms. The number of fused-ring (bicyclic) bond motifs is 1. The van der Waals surface area contributed by atoms with Gasteiger partial charge in [0, 0.05) is 50.8 Å². The van der Waals surface area contributed by atoms with Gasteiger partial charge in [0.1, 0.15) is 47.0 Å². The maximum absolute atomic E-state index is 13.3. The Morgan fingerprint density at radius 3 is 2.62 bits per heavy atom. The van der Waals surface area contributed by atoms with Gasteiger partial charge in [-0.15, -0.1) is 0 Å². The largest absolute Gasteiger partial charge is 0.489 e. The van der Waals surface area contributed by atoms with E-state index in [9.17, 15) is 19.1 Å². The average molecular weight is 545 g/mol. The Morgan fingerprint density at radius 1 is 1.12 bits per heavy atom. The van der Waals surface area contributed by atoms with Crippen LogP contribution in [-0.2, 0) is 4.79 Å². The van der Waals surface area contributed by atoms with Crippen LogP contribution in [0, 0.1) is 17.7 Å². The van der Waals surface area contributed by atoms with E-state index in [4.69, 9.17) is 9.47 Å². The number of aromatic nitrogens is 1. The molecule has 40 heavy (non-hydrogen) atoms. The number of anilines is 1. The van der Waals surface area contributed by atoms with Crippen molar-refractivity contribution in [1.29, 1.82) is 0 Å². The zero-order chi connectivity index (χ0) is 28.3. The zero-order valence-corrected chi connectivity index (χ0v) is 22.2. The summed E-state index contributed by atoms with van der Waals surface area (Å²) in [4.78, 5) is 33.9. The Morgan fingerprint density at radius 2 is 1.88 bits per heavy atom. The van der Waals surface area contributed by atoms with Crippen molar-refractivity contribution in [2.75, 3.05) is 38.7 Å². The summed E-state index contributed by atoms with van der Waals surface area (Å²) >= 11 is 0. The molecule has 0 saturated carbocycles. The number of amides is 2. The highest BCUT2D eigenvalue weighted by atomic mass is 19.1. The Hall–Kier alpha value is -4.46. The molecule has 1 saturated heterocycles. The topological polar surface area (TPSA) is 104 Å².